The van der Waals surface area contributed by atoms with Gasteiger partial charge in [0, 0.05) is 5.92 Å². The first-order valence-electron chi connectivity index (χ1n) is 6.15. The molecule has 0 amide bonds. The molecule has 108 valence electrons. The van der Waals surface area contributed by atoms with Gasteiger partial charge >= 0.3 is 11.9 Å². The molecule has 5 heteroatoms. The summed E-state index contributed by atoms with van der Waals surface area (Å²) in [6.07, 6.45) is 1.51. The van der Waals surface area contributed by atoms with E-state index in [0.29, 0.717) is 5.56 Å². The van der Waals surface area contributed by atoms with Crippen molar-refractivity contribution in [2.24, 2.45) is 5.92 Å². The van der Waals surface area contributed by atoms with Crippen molar-refractivity contribution in [3.05, 3.63) is 48.3 Å². The van der Waals surface area contributed by atoms with Crippen molar-refractivity contribution in [2.45, 2.75) is 18.8 Å². The fourth-order valence-corrected chi connectivity index (χ4v) is 2.17. The molecule has 1 aromatic rings. The summed E-state index contributed by atoms with van der Waals surface area (Å²) in [6, 6.07) is 5.60. The molecule has 0 bridgehead atoms. The van der Waals surface area contributed by atoms with Crippen molar-refractivity contribution >= 4 is 11.9 Å². The number of carboxylic acids is 1. The standard InChI is InChI=1S/C15H17FO4/c1-3-5-12(15(19)20-2)13(9-14(17)18)10-6-4-7-11(16)8-10/h3-4,6-8,12-13H,1,5,9H2,2H3,(H,17,18). The van der Waals surface area contributed by atoms with Crippen molar-refractivity contribution in [3.8, 4) is 0 Å². The quantitative estimate of drug-likeness (QED) is 0.616. The molecule has 0 saturated heterocycles. The van der Waals surface area contributed by atoms with Crippen LogP contribution in [0.15, 0.2) is 36.9 Å². The number of benzene rings is 1. The number of aliphatic carboxylic acids is 1. The molecule has 0 aromatic heterocycles. The summed E-state index contributed by atoms with van der Waals surface area (Å²) < 4.78 is 18.0. The zero-order chi connectivity index (χ0) is 15.1. The molecule has 0 aliphatic rings. The maximum Gasteiger partial charge on any atom is 0.309 e. The van der Waals surface area contributed by atoms with Gasteiger partial charge < -0.3 is 9.84 Å². The maximum absolute atomic E-state index is 13.3. The number of allylic oxidation sites excluding steroid dienone is 1. The minimum absolute atomic E-state index is 0.265. The predicted octanol–water partition coefficient (Wildman–Crippen LogP) is 2.75. The number of carbonyl (C=O) groups is 2. The van der Waals surface area contributed by atoms with Crippen molar-refractivity contribution in [3.63, 3.8) is 0 Å². The summed E-state index contributed by atoms with van der Waals surface area (Å²) in [5.41, 5.74) is 0.463. The van der Waals surface area contributed by atoms with E-state index in [9.17, 15) is 14.0 Å². The Balaban J connectivity index is 3.17. The second-order valence-corrected chi connectivity index (χ2v) is 4.41. The molecule has 0 aliphatic heterocycles. The van der Waals surface area contributed by atoms with E-state index in [4.69, 9.17) is 9.84 Å². The number of carbonyl (C=O) groups excluding carboxylic acids is 1. The maximum atomic E-state index is 13.3. The van der Waals surface area contributed by atoms with Crippen LogP contribution in [0, 0.1) is 11.7 Å². The molecule has 1 N–H and O–H groups in total. The van der Waals surface area contributed by atoms with Gasteiger partial charge in [-0.25, -0.2) is 4.39 Å². The highest BCUT2D eigenvalue weighted by atomic mass is 19.1. The van der Waals surface area contributed by atoms with Crippen molar-refractivity contribution in [1.82, 2.24) is 0 Å². The van der Waals surface area contributed by atoms with E-state index in [1.165, 1.54) is 31.4 Å². The monoisotopic (exact) mass is 280 g/mol. The zero-order valence-corrected chi connectivity index (χ0v) is 11.2. The lowest BCUT2D eigenvalue weighted by atomic mass is 9.81. The fourth-order valence-electron chi connectivity index (χ4n) is 2.17. The van der Waals surface area contributed by atoms with Gasteiger partial charge in [0.05, 0.1) is 19.4 Å². The van der Waals surface area contributed by atoms with Crippen LogP contribution in [-0.4, -0.2) is 24.2 Å². The van der Waals surface area contributed by atoms with Crippen molar-refractivity contribution in [1.29, 1.82) is 0 Å². The first kappa shape index (κ1) is 15.9. The van der Waals surface area contributed by atoms with Crippen LogP contribution in [0.3, 0.4) is 0 Å². The Morgan fingerprint density at radius 1 is 1.50 bits per heavy atom. The number of esters is 1. The van der Waals surface area contributed by atoms with Crippen LogP contribution >= 0.6 is 0 Å². The van der Waals surface area contributed by atoms with Crippen LogP contribution < -0.4 is 0 Å². The van der Waals surface area contributed by atoms with Gasteiger partial charge in [-0.05, 0) is 24.1 Å². The molecular formula is C15H17FO4. The van der Waals surface area contributed by atoms with E-state index in [1.54, 1.807) is 6.07 Å². The molecule has 20 heavy (non-hydrogen) atoms. The number of halogens is 1. The Morgan fingerprint density at radius 3 is 2.70 bits per heavy atom. The van der Waals surface area contributed by atoms with E-state index in [0.717, 1.165) is 0 Å². The van der Waals surface area contributed by atoms with Crippen molar-refractivity contribution < 1.29 is 23.8 Å². The molecular weight excluding hydrogens is 263 g/mol. The average molecular weight is 280 g/mol. The number of hydrogen-bond acceptors (Lipinski definition) is 3. The van der Waals surface area contributed by atoms with Gasteiger partial charge in [0.25, 0.3) is 0 Å². The third-order valence-electron chi connectivity index (χ3n) is 3.08. The van der Waals surface area contributed by atoms with Crippen molar-refractivity contribution in [2.75, 3.05) is 7.11 Å². The molecule has 0 saturated carbocycles. The van der Waals surface area contributed by atoms with E-state index in [-0.39, 0.29) is 12.8 Å². The molecule has 2 atom stereocenters. The van der Waals surface area contributed by atoms with Crippen LogP contribution in [0.5, 0.6) is 0 Å². The van der Waals surface area contributed by atoms with Gasteiger partial charge in [0.2, 0.25) is 0 Å². The zero-order valence-electron chi connectivity index (χ0n) is 11.2. The van der Waals surface area contributed by atoms with Gasteiger partial charge in [-0.2, -0.15) is 0 Å². The Hall–Kier alpha value is -2.17. The largest absolute Gasteiger partial charge is 0.481 e. The summed E-state index contributed by atoms with van der Waals surface area (Å²) in [5, 5.41) is 9.01. The van der Waals surface area contributed by atoms with E-state index in [1.807, 2.05) is 0 Å². The third kappa shape index (κ3) is 4.19. The first-order chi connectivity index (χ1) is 9.49. The second kappa shape index (κ2) is 7.43. The summed E-state index contributed by atoms with van der Waals surface area (Å²) in [4.78, 5) is 22.8. The van der Waals surface area contributed by atoms with Gasteiger partial charge in [-0.3, -0.25) is 9.59 Å². The minimum atomic E-state index is -1.06. The number of rotatable bonds is 7. The minimum Gasteiger partial charge on any atom is -0.481 e. The van der Waals surface area contributed by atoms with Crippen LogP contribution in [0.4, 0.5) is 4.39 Å². The van der Waals surface area contributed by atoms with Gasteiger partial charge in [0.1, 0.15) is 5.82 Å². The first-order valence-corrected chi connectivity index (χ1v) is 6.15. The Kier molecular flexibility index (Phi) is 5.90. The third-order valence-corrected chi connectivity index (χ3v) is 3.08. The summed E-state index contributed by atoms with van der Waals surface area (Å²) in [5.74, 6) is -3.42. The molecule has 0 aliphatic carbocycles. The number of ether oxygens (including phenoxy) is 1. The lowest BCUT2D eigenvalue weighted by Gasteiger charge is -2.23. The average Bonchev–Trinajstić information content (AvgIpc) is 2.41. The Labute approximate surface area is 116 Å². The van der Waals surface area contributed by atoms with Gasteiger partial charge in [0.15, 0.2) is 0 Å². The molecule has 4 nitrogen and oxygen atoms in total. The molecule has 2 unspecified atom stereocenters. The number of methoxy groups -OCH3 is 1. The summed E-state index contributed by atoms with van der Waals surface area (Å²) >= 11 is 0. The Bertz CT molecular complexity index is 498. The predicted molar refractivity (Wildman–Crippen MR) is 71.7 cm³/mol. The molecule has 0 spiro atoms. The topological polar surface area (TPSA) is 63.6 Å². The summed E-state index contributed by atoms with van der Waals surface area (Å²) in [7, 11) is 1.24. The van der Waals surface area contributed by atoms with Crippen LogP contribution in [-0.2, 0) is 14.3 Å². The Morgan fingerprint density at radius 2 is 2.20 bits per heavy atom. The fraction of sp³-hybridized carbons (Fsp3) is 0.333. The van der Waals surface area contributed by atoms with E-state index in [2.05, 4.69) is 6.58 Å². The SMILES string of the molecule is C=CCC(C(=O)OC)C(CC(=O)O)c1cccc(F)c1. The highest BCUT2D eigenvalue weighted by Gasteiger charge is 2.31. The van der Waals surface area contributed by atoms with E-state index >= 15 is 0 Å². The lowest BCUT2D eigenvalue weighted by Crippen LogP contribution is -2.25. The molecule has 1 rings (SSSR count). The molecule has 1 aromatic carbocycles. The molecule has 0 radical (unpaired) electrons. The van der Waals surface area contributed by atoms with Crippen LogP contribution in [0.25, 0.3) is 0 Å². The molecule has 0 fully saturated rings. The second-order valence-electron chi connectivity index (χ2n) is 4.41. The smallest absolute Gasteiger partial charge is 0.309 e. The lowest BCUT2D eigenvalue weighted by molar-refractivity contribution is -0.147. The highest BCUT2D eigenvalue weighted by molar-refractivity contribution is 5.76. The normalized spacial score (nSPS) is 13.3. The van der Waals surface area contributed by atoms with Crippen LogP contribution in [0.1, 0.15) is 24.3 Å². The summed E-state index contributed by atoms with van der Waals surface area (Å²) in [6.45, 7) is 3.56. The van der Waals surface area contributed by atoms with Crippen LogP contribution in [0.2, 0.25) is 0 Å². The van der Waals surface area contributed by atoms with Gasteiger partial charge in [-0.1, -0.05) is 18.2 Å². The molecule has 0 heterocycles. The highest BCUT2D eigenvalue weighted by Crippen LogP contribution is 2.32. The number of carboxylic acid groups (broad SMARTS) is 1. The number of hydrogen-bond donors (Lipinski definition) is 1. The van der Waals surface area contributed by atoms with Gasteiger partial charge in [-0.15, -0.1) is 6.58 Å². The van der Waals surface area contributed by atoms with E-state index < -0.39 is 29.6 Å².